The molecule has 0 radical (unpaired) electrons. The van der Waals surface area contributed by atoms with Crippen molar-refractivity contribution in [1.29, 1.82) is 0 Å². The minimum atomic E-state index is -3.78. The van der Waals surface area contributed by atoms with Gasteiger partial charge in [-0.1, -0.05) is 23.4 Å². The van der Waals surface area contributed by atoms with Crippen molar-refractivity contribution in [3.8, 4) is 0 Å². The molecule has 0 bridgehead atoms. The Hall–Kier alpha value is -1.72. The molecule has 0 atom stereocenters. The highest BCUT2D eigenvalue weighted by molar-refractivity contribution is 7.99. The molecule has 11 heteroatoms. The van der Waals surface area contributed by atoms with Gasteiger partial charge >= 0.3 is 0 Å². The fraction of sp³-hybridized carbons (Fsp3) is 0.421. The number of rotatable bonds is 6. The summed E-state index contributed by atoms with van der Waals surface area (Å²) < 4.78 is 32.3. The molecule has 1 fully saturated rings. The fourth-order valence-electron chi connectivity index (χ4n) is 2.84. The molecule has 1 N–H and O–H groups in total. The van der Waals surface area contributed by atoms with E-state index in [9.17, 15) is 13.2 Å². The van der Waals surface area contributed by atoms with E-state index in [1.165, 1.54) is 28.2 Å². The number of carbonyl (C=O) groups excluding carboxylic acids is 1. The number of benzene rings is 1. The minimum absolute atomic E-state index is 0.0374. The van der Waals surface area contributed by atoms with E-state index in [0.29, 0.717) is 24.1 Å². The first kappa shape index (κ1) is 23.0. The van der Waals surface area contributed by atoms with E-state index in [1.54, 1.807) is 6.07 Å². The van der Waals surface area contributed by atoms with Gasteiger partial charge in [0.1, 0.15) is 4.90 Å². The highest BCUT2D eigenvalue weighted by Gasteiger charge is 2.28. The van der Waals surface area contributed by atoms with Crippen molar-refractivity contribution in [1.82, 2.24) is 14.3 Å². The van der Waals surface area contributed by atoms with Crippen LogP contribution in [0.4, 0.5) is 5.69 Å². The third-order valence-electron chi connectivity index (χ3n) is 4.75. The molecule has 1 saturated heterocycles. The summed E-state index contributed by atoms with van der Waals surface area (Å²) in [7, 11) is -3.78. The summed E-state index contributed by atoms with van der Waals surface area (Å²) in [6.45, 7) is 6.96. The number of carbonyl (C=O) groups is 1. The highest BCUT2D eigenvalue weighted by atomic mass is 35.5. The van der Waals surface area contributed by atoms with Gasteiger partial charge in [-0.2, -0.15) is 4.31 Å². The Balaban J connectivity index is 1.69. The van der Waals surface area contributed by atoms with Gasteiger partial charge in [-0.15, -0.1) is 0 Å². The molecular formula is C19H23ClN4O4S2. The van der Waals surface area contributed by atoms with Crippen molar-refractivity contribution in [2.75, 3.05) is 37.4 Å². The van der Waals surface area contributed by atoms with Crippen LogP contribution < -0.4 is 5.32 Å². The largest absolute Gasteiger partial charge is 0.379 e. The van der Waals surface area contributed by atoms with Crippen LogP contribution >= 0.6 is 23.4 Å². The second-order valence-electron chi connectivity index (χ2n) is 6.80. The van der Waals surface area contributed by atoms with E-state index in [2.05, 4.69) is 15.3 Å². The molecule has 1 aliphatic rings. The van der Waals surface area contributed by atoms with E-state index in [4.69, 9.17) is 16.3 Å². The van der Waals surface area contributed by atoms with Crippen molar-refractivity contribution in [2.45, 2.75) is 30.8 Å². The molecule has 1 amide bonds. The predicted molar refractivity (Wildman–Crippen MR) is 117 cm³/mol. The van der Waals surface area contributed by atoms with Gasteiger partial charge in [0.15, 0.2) is 5.16 Å². The van der Waals surface area contributed by atoms with Gasteiger partial charge in [-0.3, -0.25) is 4.79 Å². The molecule has 0 aliphatic carbocycles. The molecule has 3 rings (SSSR count). The Morgan fingerprint density at radius 2 is 1.83 bits per heavy atom. The number of aromatic nitrogens is 2. The lowest BCUT2D eigenvalue weighted by atomic mass is 10.2. The van der Waals surface area contributed by atoms with Crippen LogP contribution in [0.3, 0.4) is 0 Å². The number of aryl methyl sites for hydroxylation is 2. The van der Waals surface area contributed by atoms with Crippen LogP contribution in [-0.2, 0) is 19.6 Å². The smallest absolute Gasteiger partial charge is 0.244 e. The molecule has 2 heterocycles. The van der Waals surface area contributed by atoms with Crippen molar-refractivity contribution < 1.29 is 17.9 Å². The van der Waals surface area contributed by atoms with Gasteiger partial charge in [0, 0.05) is 30.2 Å². The quantitative estimate of drug-likeness (QED) is 0.511. The summed E-state index contributed by atoms with van der Waals surface area (Å²) in [6, 6.07) is 4.42. The zero-order valence-electron chi connectivity index (χ0n) is 16.9. The number of sulfonamides is 1. The zero-order valence-corrected chi connectivity index (χ0v) is 19.3. The Labute approximate surface area is 185 Å². The third-order valence-corrected chi connectivity index (χ3v) is 7.97. The lowest BCUT2D eigenvalue weighted by molar-refractivity contribution is -0.113. The van der Waals surface area contributed by atoms with Crippen molar-refractivity contribution >= 4 is 45.0 Å². The van der Waals surface area contributed by atoms with Gasteiger partial charge in [0.05, 0.1) is 24.0 Å². The molecule has 0 spiro atoms. The maximum atomic E-state index is 12.9. The minimum Gasteiger partial charge on any atom is -0.379 e. The zero-order chi connectivity index (χ0) is 21.9. The average Bonchev–Trinajstić information content (AvgIpc) is 2.72. The number of hydrogen-bond acceptors (Lipinski definition) is 7. The van der Waals surface area contributed by atoms with Crippen molar-refractivity contribution in [3.05, 3.63) is 40.2 Å². The van der Waals surface area contributed by atoms with Crippen LogP contribution in [0.25, 0.3) is 0 Å². The summed E-state index contributed by atoms with van der Waals surface area (Å²) in [6.07, 6.45) is 0. The van der Waals surface area contributed by atoms with Gasteiger partial charge in [-0.05, 0) is 44.5 Å². The first-order chi connectivity index (χ1) is 14.2. The predicted octanol–water partition coefficient (Wildman–Crippen LogP) is 2.81. The van der Waals surface area contributed by atoms with Gasteiger partial charge in [-0.25, -0.2) is 18.4 Å². The van der Waals surface area contributed by atoms with Crippen LogP contribution in [0.2, 0.25) is 5.02 Å². The second kappa shape index (κ2) is 9.61. The number of thioether (sulfide) groups is 1. The Bertz CT molecular complexity index is 1030. The van der Waals surface area contributed by atoms with E-state index in [1.807, 2.05) is 20.8 Å². The van der Waals surface area contributed by atoms with E-state index in [-0.39, 0.29) is 34.7 Å². The molecule has 1 aromatic heterocycles. The van der Waals surface area contributed by atoms with Crippen LogP contribution in [-0.4, -0.2) is 60.7 Å². The summed E-state index contributed by atoms with van der Waals surface area (Å²) in [5.74, 6) is -0.202. The summed E-state index contributed by atoms with van der Waals surface area (Å²) >= 11 is 7.37. The van der Waals surface area contributed by atoms with Gasteiger partial charge in [0.25, 0.3) is 0 Å². The van der Waals surface area contributed by atoms with Gasteiger partial charge < -0.3 is 10.1 Å². The molecular weight excluding hydrogens is 448 g/mol. The molecule has 8 nitrogen and oxygen atoms in total. The molecule has 0 saturated carbocycles. The molecule has 30 heavy (non-hydrogen) atoms. The van der Waals surface area contributed by atoms with Gasteiger partial charge in [0.2, 0.25) is 15.9 Å². The maximum absolute atomic E-state index is 12.9. The maximum Gasteiger partial charge on any atom is 0.244 e. The van der Waals surface area contributed by atoms with Crippen molar-refractivity contribution in [2.24, 2.45) is 0 Å². The molecule has 2 aromatic rings. The molecule has 1 aromatic carbocycles. The topological polar surface area (TPSA) is 101 Å². The van der Waals surface area contributed by atoms with E-state index >= 15 is 0 Å². The SMILES string of the molecule is Cc1nc(SCC(=O)Nc2ccc(Cl)c(S(=O)(=O)N3CCOCC3)c2)nc(C)c1C. The number of halogens is 1. The van der Waals surface area contributed by atoms with E-state index < -0.39 is 10.0 Å². The third kappa shape index (κ3) is 5.30. The summed E-state index contributed by atoms with van der Waals surface area (Å²) in [4.78, 5) is 21.1. The summed E-state index contributed by atoms with van der Waals surface area (Å²) in [5.41, 5.74) is 3.13. The summed E-state index contributed by atoms with van der Waals surface area (Å²) in [5, 5.41) is 3.34. The lowest BCUT2D eigenvalue weighted by Gasteiger charge is -2.26. The molecule has 162 valence electrons. The number of ether oxygens (including phenoxy) is 1. The Morgan fingerprint density at radius 3 is 2.47 bits per heavy atom. The normalized spacial score (nSPS) is 15.2. The fourth-order valence-corrected chi connectivity index (χ4v) is 5.48. The number of anilines is 1. The first-order valence-corrected chi connectivity index (χ1v) is 12.1. The van der Waals surface area contributed by atoms with Crippen LogP contribution in [0, 0.1) is 20.8 Å². The second-order valence-corrected chi connectivity index (χ2v) is 10.1. The standard InChI is InChI=1S/C19H23ClN4O4S2/c1-12-13(2)21-19(22-14(12)3)29-11-18(25)23-15-4-5-16(20)17(10-15)30(26,27)24-6-8-28-9-7-24/h4-5,10H,6-9,11H2,1-3H3,(H,23,25). The lowest BCUT2D eigenvalue weighted by Crippen LogP contribution is -2.40. The molecule has 1 aliphatic heterocycles. The monoisotopic (exact) mass is 470 g/mol. The first-order valence-electron chi connectivity index (χ1n) is 9.30. The number of nitrogens with zero attached hydrogens (tertiary/aromatic N) is 3. The van der Waals surface area contributed by atoms with Crippen LogP contribution in [0.1, 0.15) is 17.0 Å². The Kier molecular flexibility index (Phi) is 7.35. The number of hydrogen-bond donors (Lipinski definition) is 1. The van der Waals surface area contributed by atoms with Crippen LogP contribution in [0.15, 0.2) is 28.3 Å². The number of nitrogens with one attached hydrogen (secondary N) is 1. The molecule has 0 unspecified atom stereocenters. The van der Waals surface area contributed by atoms with E-state index in [0.717, 1.165) is 17.0 Å². The van der Waals surface area contributed by atoms with Crippen LogP contribution in [0.5, 0.6) is 0 Å². The Morgan fingerprint density at radius 1 is 1.20 bits per heavy atom. The number of amides is 1. The number of morpholine rings is 1. The average molecular weight is 471 g/mol. The van der Waals surface area contributed by atoms with Crippen molar-refractivity contribution in [3.63, 3.8) is 0 Å². The highest BCUT2D eigenvalue weighted by Crippen LogP contribution is 2.28.